The molecule has 1 aliphatic carbocycles. The van der Waals surface area contributed by atoms with Gasteiger partial charge in [-0.3, -0.25) is 9.59 Å². The summed E-state index contributed by atoms with van der Waals surface area (Å²) in [5.41, 5.74) is 2.37. The van der Waals surface area contributed by atoms with Crippen LogP contribution in [-0.2, 0) is 16.8 Å². The summed E-state index contributed by atoms with van der Waals surface area (Å²) in [6, 6.07) is 20.6. The summed E-state index contributed by atoms with van der Waals surface area (Å²) < 4.78 is 5.07. The number of anilines is 1. The fourth-order valence-electron chi connectivity index (χ4n) is 3.19. The van der Waals surface area contributed by atoms with Gasteiger partial charge in [0, 0.05) is 12.2 Å². The quantitative estimate of drug-likeness (QED) is 0.701. The van der Waals surface area contributed by atoms with Crippen molar-refractivity contribution in [1.29, 1.82) is 0 Å². The van der Waals surface area contributed by atoms with Crippen molar-refractivity contribution < 1.29 is 14.0 Å². The van der Waals surface area contributed by atoms with Gasteiger partial charge in [0.2, 0.25) is 5.91 Å². The van der Waals surface area contributed by atoms with Gasteiger partial charge in [0.15, 0.2) is 5.76 Å². The highest BCUT2D eigenvalue weighted by molar-refractivity contribution is 6.02. The molecule has 3 aromatic rings. The number of amides is 2. The van der Waals surface area contributed by atoms with Crippen molar-refractivity contribution in [3.8, 4) is 0 Å². The van der Waals surface area contributed by atoms with Crippen molar-refractivity contribution in [3.63, 3.8) is 0 Å². The van der Waals surface area contributed by atoms with E-state index in [-0.39, 0.29) is 23.0 Å². The predicted octanol–water partition coefficient (Wildman–Crippen LogP) is 3.88. The van der Waals surface area contributed by atoms with E-state index in [4.69, 9.17) is 4.42 Å². The Morgan fingerprint density at radius 3 is 2.30 bits per heavy atom. The van der Waals surface area contributed by atoms with Gasteiger partial charge in [0.05, 0.1) is 11.7 Å². The average Bonchev–Trinajstić information content (AvgIpc) is 3.34. The van der Waals surface area contributed by atoms with Crippen LogP contribution in [0.4, 0.5) is 5.69 Å². The van der Waals surface area contributed by atoms with Gasteiger partial charge < -0.3 is 15.1 Å². The summed E-state index contributed by atoms with van der Waals surface area (Å²) in [4.78, 5) is 24.6. The molecule has 5 heteroatoms. The molecule has 0 spiro atoms. The summed E-state index contributed by atoms with van der Waals surface area (Å²) in [6.45, 7) is 0.458. The first-order chi connectivity index (χ1) is 13.2. The van der Waals surface area contributed by atoms with E-state index >= 15 is 0 Å². The van der Waals surface area contributed by atoms with Gasteiger partial charge in [0.25, 0.3) is 5.91 Å². The number of furan rings is 1. The molecule has 2 amide bonds. The first kappa shape index (κ1) is 17.1. The van der Waals surface area contributed by atoms with Gasteiger partial charge in [0.1, 0.15) is 0 Å². The lowest BCUT2D eigenvalue weighted by molar-refractivity contribution is -0.123. The minimum Gasteiger partial charge on any atom is -0.459 e. The zero-order chi connectivity index (χ0) is 18.7. The Morgan fingerprint density at radius 2 is 1.67 bits per heavy atom. The second-order valence-corrected chi connectivity index (χ2v) is 6.76. The Bertz CT molecular complexity index is 927. The average molecular weight is 360 g/mol. The molecule has 1 heterocycles. The Hall–Kier alpha value is -3.34. The molecular formula is C22H20N2O3. The minimum atomic E-state index is -0.363. The molecule has 2 aromatic carbocycles. The van der Waals surface area contributed by atoms with Crippen molar-refractivity contribution in [2.45, 2.75) is 24.8 Å². The molecule has 0 unspecified atom stereocenters. The standard InChI is InChI=1S/C22H20N2O3/c25-20(19-7-4-14-27-19)24-18-10-8-16(9-11-18)15-23-21(26)22(12-13-22)17-5-2-1-3-6-17/h1-11,14H,12-13,15H2,(H,23,26)(H,24,25). The molecule has 0 radical (unpaired) electrons. The van der Waals surface area contributed by atoms with Gasteiger partial charge in [-0.15, -0.1) is 0 Å². The van der Waals surface area contributed by atoms with Crippen LogP contribution in [-0.4, -0.2) is 11.8 Å². The fraction of sp³-hybridized carbons (Fsp3) is 0.182. The molecule has 27 heavy (non-hydrogen) atoms. The molecule has 1 aromatic heterocycles. The largest absolute Gasteiger partial charge is 0.459 e. The summed E-state index contributed by atoms with van der Waals surface area (Å²) in [7, 11) is 0. The summed E-state index contributed by atoms with van der Waals surface area (Å²) in [6.07, 6.45) is 3.24. The lowest BCUT2D eigenvalue weighted by Crippen LogP contribution is -2.34. The highest BCUT2D eigenvalue weighted by atomic mass is 16.3. The molecule has 136 valence electrons. The number of hydrogen-bond acceptors (Lipinski definition) is 3. The third-order valence-corrected chi connectivity index (χ3v) is 4.92. The number of hydrogen-bond donors (Lipinski definition) is 2. The van der Waals surface area contributed by atoms with E-state index in [1.54, 1.807) is 12.1 Å². The molecule has 0 atom stereocenters. The maximum absolute atomic E-state index is 12.7. The Balaban J connectivity index is 1.34. The highest BCUT2D eigenvalue weighted by Gasteiger charge is 2.50. The number of rotatable bonds is 6. The van der Waals surface area contributed by atoms with Crippen LogP contribution in [0.2, 0.25) is 0 Å². The minimum absolute atomic E-state index is 0.0731. The van der Waals surface area contributed by atoms with E-state index in [9.17, 15) is 9.59 Å². The first-order valence-electron chi connectivity index (χ1n) is 8.95. The lowest BCUT2D eigenvalue weighted by atomic mass is 9.95. The smallest absolute Gasteiger partial charge is 0.291 e. The lowest BCUT2D eigenvalue weighted by Gasteiger charge is -2.16. The number of benzene rings is 2. The second kappa shape index (κ2) is 7.11. The van der Waals surface area contributed by atoms with Crippen LogP contribution in [0.15, 0.2) is 77.4 Å². The Kier molecular flexibility index (Phi) is 4.50. The van der Waals surface area contributed by atoms with Crippen LogP contribution in [0.5, 0.6) is 0 Å². The topological polar surface area (TPSA) is 71.3 Å². The van der Waals surface area contributed by atoms with E-state index in [2.05, 4.69) is 10.6 Å². The van der Waals surface area contributed by atoms with E-state index in [1.165, 1.54) is 6.26 Å². The third-order valence-electron chi connectivity index (χ3n) is 4.92. The third kappa shape index (κ3) is 3.62. The zero-order valence-electron chi connectivity index (χ0n) is 14.8. The molecule has 1 saturated carbocycles. The van der Waals surface area contributed by atoms with Gasteiger partial charge in [-0.05, 0) is 48.2 Å². The maximum Gasteiger partial charge on any atom is 0.291 e. The molecule has 0 bridgehead atoms. The summed E-state index contributed by atoms with van der Waals surface area (Å²) in [5.74, 6) is 0.0467. The Morgan fingerprint density at radius 1 is 0.926 bits per heavy atom. The van der Waals surface area contributed by atoms with E-state index in [0.717, 1.165) is 24.0 Å². The zero-order valence-corrected chi connectivity index (χ0v) is 14.8. The number of nitrogens with one attached hydrogen (secondary N) is 2. The molecule has 0 aliphatic heterocycles. The Labute approximate surface area is 157 Å². The van der Waals surface area contributed by atoms with Crippen molar-refractivity contribution >= 4 is 17.5 Å². The van der Waals surface area contributed by atoms with E-state index < -0.39 is 0 Å². The highest BCUT2D eigenvalue weighted by Crippen LogP contribution is 2.48. The molecule has 2 N–H and O–H groups in total. The molecule has 4 rings (SSSR count). The van der Waals surface area contributed by atoms with Gasteiger partial charge in [-0.25, -0.2) is 0 Å². The van der Waals surface area contributed by atoms with Crippen LogP contribution in [0.1, 0.15) is 34.5 Å². The second-order valence-electron chi connectivity index (χ2n) is 6.76. The van der Waals surface area contributed by atoms with Gasteiger partial charge >= 0.3 is 0 Å². The van der Waals surface area contributed by atoms with E-state index in [0.29, 0.717) is 12.2 Å². The van der Waals surface area contributed by atoms with Crippen molar-refractivity contribution in [2.24, 2.45) is 0 Å². The maximum atomic E-state index is 12.7. The fourth-order valence-corrected chi connectivity index (χ4v) is 3.19. The van der Waals surface area contributed by atoms with Gasteiger partial charge in [-0.2, -0.15) is 0 Å². The van der Waals surface area contributed by atoms with Crippen LogP contribution in [0, 0.1) is 0 Å². The van der Waals surface area contributed by atoms with Crippen LogP contribution >= 0.6 is 0 Å². The normalized spacial score (nSPS) is 14.4. The summed E-state index contributed by atoms with van der Waals surface area (Å²) in [5, 5.41) is 5.81. The van der Waals surface area contributed by atoms with Crippen molar-refractivity contribution in [2.75, 3.05) is 5.32 Å². The van der Waals surface area contributed by atoms with Crippen LogP contribution in [0.3, 0.4) is 0 Å². The summed E-state index contributed by atoms with van der Waals surface area (Å²) >= 11 is 0. The van der Waals surface area contributed by atoms with Crippen molar-refractivity contribution in [1.82, 2.24) is 5.32 Å². The van der Waals surface area contributed by atoms with Crippen LogP contribution < -0.4 is 10.6 Å². The van der Waals surface area contributed by atoms with Gasteiger partial charge in [-0.1, -0.05) is 42.5 Å². The van der Waals surface area contributed by atoms with Crippen LogP contribution in [0.25, 0.3) is 0 Å². The molecule has 5 nitrogen and oxygen atoms in total. The first-order valence-corrected chi connectivity index (χ1v) is 8.95. The van der Waals surface area contributed by atoms with Crippen molar-refractivity contribution in [3.05, 3.63) is 89.9 Å². The molecular weight excluding hydrogens is 340 g/mol. The molecule has 0 saturated heterocycles. The molecule has 1 aliphatic rings. The van der Waals surface area contributed by atoms with E-state index in [1.807, 2.05) is 54.6 Å². The molecule has 1 fully saturated rings. The SMILES string of the molecule is O=C(Nc1ccc(CNC(=O)C2(c3ccccc3)CC2)cc1)c1ccco1. The number of carbonyl (C=O) groups excluding carboxylic acids is 2. The predicted molar refractivity (Wildman–Crippen MR) is 102 cm³/mol. The monoisotopic (exact) mass is 360 g/mol. The number of carbonyl (C=O) groups is 2.